The number of carbonyl (C=O) groups is 1. The molecule has 2 fully saturated rings. The zero-order valence-corrected chi connectivity index (χ0v) is 17.4. The molecule has 0 radical (unpaired) electrons. The number of hydrogen-bond acceptors (Lipinski definition) is 6. The molecular formula is C19H23F3N4O2S. The van der Waals surface area contributed by atoms with Crippen LogP contribution in [0.5, 0.6) is 0 Å². The van der Waals surface area contributed by atoms with Gasteiger partial charge in [-0.25, -0.2) is 14.8 Å². The van der Waals surface area contributed by atoms with Gasteiger partial charge in [0.1, 0.15) is 22.6 Å². The topological polar surface area (TPSA) is 58.6 Å². The smallest absolute Gasteiger partial charge is 0.410 e. The van der Waals surface area contributed by atoms with Crippen molar-refractivity contribution in [2.45, 2.75) is 45.4 Å². The molecule has 6 nitrogen and oxygen atoms in total. The molecule has 4 heterocycles. The number of anilines is 1. The summed E-state index contributed by atoms with van der Waals surface area (Å²) in [5, 5.41) is 0.664. The van der Waals surface area contributed by atoms with Crippen LogP contribution in [0.3, 0.4) is 0 Å². The quantitative estimate of drug-likeness (QED) is 0.716. The molecule has 2 aliphatic rings. The van der Waals surface area contributed by atoms with E-state index < -0.39 is 18.2 Å². The molecule has 29 heavy (non-hydrogen) atoms. The van der Waals surface area contributed by atoms with E-state index >= 15 is 0 Å². The molecule has 0 saturated carbocycles. The van der Waals surface area contributed by atoms with Gasteiger partial charge in [0.2, 0.25) is 0 Å². The number of likely N-dealkylation sites (tertiary alicyclic amines) is 1. The van der Waals surface area contributed by atoms with Crippen LogP contribution < -0.4 is 4.90 Å². The third-order valence-corrected chi connectivity index (χ3v) is 6.22. The van der Waals surface area contributed by atoms with Crippen LogP contribution in [0.25, 0.3) is 10.2 Å². The zero-order chi connectivity index (χ0) is 21.0. The van der Waals surface area contributed by atoms with Gasteiger partial charge in [-0.2, -0.15) is 13.2 Å². The summed E-state index contributed by atoms with van der Waals surface area (Å²) in [5.74, 6) is 0.673. The standard InChI is InChI=1S/C19H23F3N4O2S/c1-17(2,3)28-16(27)26-9-18(10-26)4-5-25(8-18)14-13-6-12(7-19(20,21)22)29-15(13)24-11-23-14/h6,11H,4-5,7-10H2,1-3H3. The van der Waals surface area contributed by atoms with E-state index in [0.717, 1.165) is 24.3 Å². The number of thiophene rings is 1. The normalized spacial score (nSPS) is 19.1. The molecule has 10 heteroatoms. The van der Waals surface area contributed by atoms with E-state index in [1.54, 1.807) is 11.0 Å². The number of halogens is 3. The van der Waals surface area contributed by atoms with Crippen molar-refractivity contribution < 1.29 is 22.7 Å². The van der Waals surface area contributed by atoms with Gasteiger partial charge in [0.05, 0.1) is 11.8 Å². The maximum absolute atomic E-state index is 12.7. The SMILES string of the molecule is CC(C)(C)OC(=O)N1CC2(CCN(c3ncnc4sc(CC(F)(F)F)cc34)C2)C1. The average molecular weight is 428 g/mol. The first-order chi connectivity index (χ1) is 13.4. The van der Waals surface area contributed by atoms with Crippen molar-refractivity contribution in [2.75, 3.05) is 31.1 Å². The van der Waals surface area contributed by atoms with Gasteiger partial charge in [-0.15, -0.1) is 11.3 Å². The van der Waals surface area contributed by atoms with Gasteiger partial charge >= 0.3 is 12.3 Å². The minimum absolute atomic E-state index is 0.0149. The van der Waals surface area contributed by atoms with Gasteiger partial charge in [0.25, 0.3) is 0 Å². The van der Waals surface area contributed by atoms with Gasteiger partial charge in [-0.3, -0.25) is 0 Å². The van der Waals surface area contributed by atoms with Crippen LogP contribution in [0.15, 0.2) is 12.4 Å². The predicted molar refractivity (Wildman–Crippen MR) is 104 cm³/mol. The van der Waals surface area contributed by atoms with Crippen molar-refractivity contribution in [3.05, 3.63) is 17.3 Å². The van der Waals surface area contributed by atoms with E-state index in [0.29, 0.717) is 35.7 Å². The molecule has 1 amide bonds. The highest BCUT2D eigenvalue weighted by Gasteiger charge is 2.50. The molecule has 2 aromatic rings. The predicted octanol–water partition coefficient (Wildman–Crippen LogP) is 4.24. The van der Waals surface area contributed by atoms with Crippen molar-refractivity contribution in [1.29, 1.82) is 0 Å². The van der Waals surface area contributed by atoms with Crippen LogP contribution in [0.1, 0.15) is 32.1 Å². The van der Waals surface area contributed by atoms with Crippen molar-refractivity contribution in [1.82, 2.24) is 14.9 Å². The number of rotatable bonds is 2. The molecule has 0 bridgehead atoms. The van der Waals surface area contributed by atoms with E-state index in [9.17, 15) is 18.0 Å². The van der Waals surface area contributed by atoms with Gasteiger partial charge < -0.3 is 14.5 Å². The van der Waals surface area contributed by atoms with E-state index in [2.05, 4.69) is 14.9 Å². The Bertz CT molecular complexity index is 932. The number of nitrogens with zero attached hydrogens (tertiary/aromatic N) is 4. The Morgan fingerprint density at radius 1 is 1.24 bits per heavy atom. The fraction of sp³-hybridized carbons (Fsp3) is 0.632. The van der Waals surface area contributed by atoms with Crippen LogP contribution in [0, 0.1) is 5.41 Å². The molecule has 4 rings (SSSR count). The summed E-state index contributed by atoms with van der Waals surface area (Å²) in [6, 6.07) is 1.56. The Morgan fingerprint density at radius 3 is 2.62 bits per heavy atom. The van der Waals surface area contributed by atoms with Crippen LogP contribution in [0.2, 0.25) is 0 Å². The summed E-state index contributed by atoms with van der Waals surface area (Å²) in [7, 11) is 0. The van der Waals surface area contributed by atoms with Gasteiger partial charge in [-0.05, 0) is 33.3 Å². The fourth-order valence-electron chi connectivity index (χ4n) is 4.02. The lowest BCUT2D eigenvalue weighted by Crippen LogP contribution is -2.60. The summed E-state index contributed by atoms with van der Waals surface area (Å²) < 4.78 is 43.7. The molecule has 0 aliphatic carbocycles. The molecule has 0 aromatic carbocycles. The molecular weight excluding hydrogens is 405 g/mol. The van der Waals surface area contributed by atoms with E-state index in [1.165, 1.54) is 6.33 Å². The first kappa shape index (κ1) is 20.2. The Balaban J connectivity index is 1.46. The Labute approximate surface area is 170 Å². The number of carbonyl (C=O) groups excluding carboxylic acids is 1. The average Bonchev–Trinajstić information content (AvgIpc) is 3.12. The van der Waals surface area contributed by atoms with Crippen LogP contribution in [-0.4, -0.2) is 58.9 Å². The zero-order valence-electron chi connectivity index (χ0n) is 16.5. The highest BCUT2D eigenvalue weighted by Crippen LogP contribution is 2.43. The lowest BCUT2D eigenvalue weighted by Gasteiger charge is -2.47. The first-order valence-electron chi connectivity index (χ1n) is 9.46. The number of hydrogen-bond donors (Lipinski definition) is 0. The van der Waals surface area contributed by atoms with Crippen molar-refractivity contribution >= 4 is 33.5 Å². The molecule has 1 spiro atoms. The van der Waals surface area contributed by atoms with Gasteiger partial charge in [0.15, 0.2) is 0 Å². The lowest BCUT2D eigenvalue weighted by molar-refractivity contribution is -0.126. The Hall–Kier alpha value is -2.10. The Kier molecular flexibility index (Phi) is 4.67. The summed E-state index contributed by atoms with van der Waals surface area (Å²) in [6.07, 6.45) is -3.20. The molecule has 0 atom stereocenters. The van der Waals surface area contributed by atoms with Crippen molar-refractivity contribution in [3.8, 4) is 0 Å². The van der Waals surface area contributed by atoms with Crippen molar-refractivity contribution in [2.24, 2.45) is 5.41 Å². The van der Waals surface area contributed by atoms with E-state index in [4.69, 9.17) is 4.74 Å². The van der Waals surface area contributed by atoms with E-state index in [1.807, 2.05) is 20.8 Å². The summed E-state index contributed by atoms with van der Waals surface area (Å²) in [4.78, 5) is 25.3. The lowest BCUT2D eigenvalue weighted by atomic mass is 9.79. The van der Waals surface area contributed by atoms with Crippen LogP contribution in [-0.2, 0) is 11.2 Å². The molecule has 2 aromatic heterocycles. The minimum atomic E-state index is -4.25. The molecule has 158 valence electrons. The Morgan fingerprint density at radius 2 is 1.97 bits per heavy atom. The van der Waals surface area contributed by atoms with E-state index in [-0.39, 0.29) is 16.4 Å². The number of alkyl halides is 3. The number of aromatic nitrogens is 2. The van der Waals surface area contributed by atoms with Gasteiger partial charge in [-0.1, -0.05) is 0 Å². The third kappa shape index (κ3) is 4.26. The van der Waals surface area contributed by atoms with Crippen LogP contribution >= 0.6 is 11.3 Å². The first-order valence-corrected chi connectivity index (χ1v) is 10.3. The maximum atomic E-state index is 12.7. The largest absolute Gasteiger partial charge is 0.444 e. The minimum Gasteiger partial charge on any atom is -0.444 e. The molecule has 2 saturated heterocycles. The number of ether oxygens (including phenoxy) is 1. The number of fused-ring (bicyclic) bond motifs is 1. The van der Waals surface area contributed by atoms with Crippen LogP contribution in [0.4, 0.5) is 23.8 Å². The monoisotopic (exact) mass is 428 g/mol. The summed E-state index contributed by atoms with van der Waals surface area (Å²) in [6.45, 7) is 8.22. The fourth-order valence-corrected chi connectivity index (χ4v) is 5.04. The number of amides is 1. The highest BCUT2D eigenvalue weighted by atomic mass is 32.1. The summed E-state index contributed by atoms with van der Waals surface area (Å²) in [5.41, 5.74) is -0.541. The second kappa shape index (κ2) is 6.72. The van der Waals surface area contributed by atoms with Crippen molar-refractivity contribution in [3.63, 3.8) is 0 Å². The summed E-state index contributed by atoms with van der Waals surface area (Å²) >= 11 is 1.06. The molecule has 2 aliphatic heterocycles. The highest BCUT2D eigenvalue weighted by molar-refractivity contribution is 7.18. The second-order valence-corrected chi connectivity index (χ2v) is 10.0. The van der Waals surface area contributed by atoms with Gasteiger partial charge in [0, 0.05) is 36.5 Å². The molecule has 0 unspecified atom stereocenters. The maximum Gasteiger partial charge on any atom is 0.410 e. The second-order valence-electron chi connectivity index (χ2n) is 8.93. The molecule has 0 N–H and O–H groups in total. The third-order valence-electron chi connectivity index (χ3n) is 5.18.